The fourth-order valence-electron chi connectivity index (χ4n) is 1.94. The average molecular weight is 379 g/mol. The van der Waals surface area contributed by atoms with E-state index >= 15 is 0 Å². The Morgan fingerprint density at radius 3 is 2.60 bits per heavy atom. The maximum Gasteiger partial charge on any atom is 0.239 e. The number of anilines is 2. The van der Waals surface area contributed by atoms with Gasteiger partial charge in [0.05, 0.1) is 11.0 Å². The van der Waals surface area contributed by atoms with Gasteiger partial charge >= 0.3 is 0 Å². The smallest absolute Gasteiger partial charge is 0.239 e. The van der Waals surface area contributed by atoms with Crippen molar-refractivity contribution in [2.75, 3.05) is 16.4 Å². The Balaban J connectivity index is 1.76. The molecule has 0 spiro atoms. The van der Waals surface area contributed by atoms with Crippen molar-refractivity contribution in [2.24, 2.45) is 0 Å². The van der Waals surface area contributed by atoms with E-state index in [2.05, 4.69) is 27.8 Å². The Hall–Kier alpha value is -1.93. The molecule has 2 amide bonds. The zero-order valence-corrected chi connectivity index (χ0v) is 16.2. The zero-order valence-electron chi connectivity index (χ0n) is 14.5. The molecule has 134 valence electrons. The van der Waals surface area contributed by atoms with Crippen molar-refractivity contribution in [2.45, 2.75) is 38.9 Å². The van der Waals surface area contributed by atoms with E-state index in [4.69, 9.17) is 0 Å². The van der Waals surface area contributed by atoms with Gasteiger partial charge in [-0.1, -0.05) is 36.0 Å². The predicted molar refractivity (Wildman–Crippen MR) is 104 cm³/mol. The minimum absolute atomic E-state index is 0.130. The van der Waals surface area contributed by atoms with E-state index in [1.54, 1.807) is 6.92 Å². The molecule has 1 aromatic heterocycles. The van der Waals surface area contributed by atoms with Gasteiger partial charge in [0.15, 0.2) is 0 Å². The second kappa shape index (κ2) is 9.53. The van der Waals surface area contributed by atoms with Crippen molar-refractivity contribution in [3.8, 4) is 0 Å². The molecule has 0 saturated carbocycles. The van der Waals surface area contributed by atoms with E-state index in [-0.39, 0.29) is 22.8 Å². The lowest BCUT2D eigenvalue weighted by Crippen LogP contribution is -2.25. The predicted octanol–water partition coefficient (Wildman–Crippen LogP) is 3.50. The number of nitrogens with one attached hydrogen (secondary N) is 2. The summed E-state index contributed by atoms with van der Waals surface area (Å²) in [6, 6.07) is 7.59. The Labute approximate surface area is 155 Å². The molecule has 1 atom stereocenters. The largest absolute Gasteiger partial charge is 0.325 e. The van der Waals surface area contributed by atoms with Gasteiger partial charge in [-0.05, 0) is 32.4 Å². The molecule has 0 bridgehead atoms. The number of nitrogens with zero attached hydrogens (tertiary/aromatic N) is 2. The summed E-state index contributed by atoms with van der Waals surface area (Å²) in [5.74, 6) is -0.0957. The lowest BCUT2D eigenvalue weighted by atomic mass is 10.2. The first-order valence-electron chi connectivity index (χ1n) is 8.09. The van der Waals surface area contributed by atoms with Gasteiger partial charge < -0.3 is 5.32 Å². The maximum absolute atomic E-state index is 12.2. The molecule has 1 aromatic carbocycles. The molecule has 1 heterocycles. The molecule has 0 aliphatic rings. The number of benzene rings is 1. The average Bonchev–Trinajstić information content (AvgIpc) is 3.02. The Bertz CT molecular complexity index is 716. The summed E-state index contributed by atoms with van der Waals surface area (Å²) < 4.78 is 0. The van der Waals surface area contributed by atoms with Crippen LogP contribution >= 0.6 is 23.1 Å². The van der Waals surface area contributed by atoms with Crippen molar-refractivity contribution in [1.82, 2.24) is 10.2 Å². The topological polar surface area (TPSA) is 84.0 Å². The van der Waals surface area contributed by atoms with Crippen LogP contribution in [0.1, 0.15) is 30.8 Å². The highest BCUT2D eigenvalue weighted by atomic mass is 32.2. The molecule has 2 N–H and O–H groups in total. The summed E-state index contributed by atoms with van der Waals surface area (Å²) in [4.78, 5) is 24.1. The van der Waals surface area contributed by atoms with E-state index in [1.165, 1.54) is 23.1 Å². The maximum atomic E-state index is 12.2. The summed E-state index contributed by atoms with van der Waals surface area (Å²) in [6.07, 6.45) is 1.85. The third-order valence-electron chi connectivity index (χ3n) is 3.33. The standard InChI is InChI=1S/C17H22N4O2S2/c1-4-5-15-20-21-17(25-15)19-16(23)12(3)24-10-14(22)18-13-8-6-11(2)7-9-13/h6-9,12H,4-5,10H2,1-3H3,(H,18,22)(H,19,21,23). The number of carbonyl (C=O) groups is 2. The second-order valence-corrected chi connectivity index (χ2v) is 8.00. The van der Waals surface area contributed by atoms with Gasteiger partial charge in [0, 0.05) is 12.1 Å². The molecule has 6 nitrogen and oxygen atoms in total. The molecule has 1 unspecified atom stereocenters. The van der Waals surface area contributed by atoms with Gasteiger partial charge in [-0.3, -0.25) is 14.9 Å². The van der Waals surface area contributed by atoms with Crippen LogP contribution in [0, 0.1) is 6.92 Å². The molecule has 8 heteroatoms. The molecule has 2 aromatic rings. The highest BCUT2D eigenvalue weighted by Gasteiger charge is 2.17. The van der Waals surface area contributed by atoms with E-state index in [9.17, 15) is 9.59 Å². The molecule has 0 aliphatic heterocycles. The summed E-state index contributed by atoms with van der Waals surface area (Å²) in [5, 5.41) is 14.6. The van der Waals surface area contributed by atoms with Crippen LogP contribution in [-0.2, 0) is 16.0 Å². The van der Waals surface area contributed by atoms with Crippen molar-refractivity contribution >= 4 is 45.7 Å². The number of aromatic nitrogens is 2. The van der Waals surface area contributed by atoms with Crippen LogP contribution in [0.3, 0.4) is 0 Å². The quantitative estimate of drug-likeness (QED) is 0.734. The first-order chi connectivity index (χ1) is 12.0. The minimum atomic E-state index is -0.359. The number of aryl methyl sites for hydroxylation is 2. The molecule has 0 aliphatic carbocycles. The number of rotatable bonds is 8. The van der Waals surface area contributed by atoms with Crippen LogP contribution < -0.4 is 10.6 Å². The highest BCUT2D eigenvalue weighted by molar-refractivity contribution is 8.01. The summed E-state index contributed by atoms with van der Waals surface area (Å²) in [7, 11) is 0. The molecule has 2 rings (SSSR count). The molecular formula is C17H22N4O2S2. The molecule has 25 heavy (non-hydrogen) atoms. The lowest BCUT2D eigenvalue weighted by molar-refractivity contribution is -0.115. The first-order valence-corrected chi connectivity index (χ1v) is 9.95. The van der Waals surface area contributed by atoms with Gasteiger partial charge in [-0.15, -0.1) is 22.0 Å². The van der Waals surface area contributed by atoms with Crippen LogP contribution in [0.15, 0.2) is 24.3 Å². The van der Waals surface area contributed by atoms with Crippen molar-refractivity contribution in [3.05, 3.63) is 34.8 Å². The number of hydrogen-bond acceptors (Lipinski definition) is 6. The van der Waals surface area contributed by atoms with Gasteiger partial charge in [0.25, 0.3) is 0 Å². The summed E-state index contributed by atoms with van der Waals surface area (Å²) in [6.45, 7) is 5.83. The molecular weight excluding hydrogens is 356 g/mol. The Morgan fingerprint density at radius 1 is 1.20 bits per heavy atom. The fourth-order valence-corrected chi connectivity index (χ4v) is 3.46. The van der Waals surface area contributed by atoms with Gasteiger partial charge in [-0.2, -0.15) is 0 Å². The van der Waals surface area contributed by atoms with Crippen LogP contribution in [0.4, 0.5) is 10.8 Å². The third-order valence-corrected chi connectivity index (χ3v) is 5.37. The molecule has 0 saturated heterocycles. The Kier molecular flexibility index (Phi) is 7.39. The van der Waals surface area contributed by atoms with Crippen LogP contribution in [0.25, 0.3) is 0 Å². The van der Waals surface area contributed by atoms with E-state index in [0.717, 1.165) is 29.1 Å². The highest BCUT2D eigenvalue weighted by Crippen LogP contribution is 2.19. The van der Waals surface area contributed by atoms with Crippen molar-refractivity contribution < 1.29 is 9.59 Å². The van der Waals surface area contributed by atoms with Crippen LogP contribution in [0.5, 0.6) is 0 Å². The normalized spacial score (nSPS) is 11.8. The van der Waals surface area contributed by atoms with Gasteiger partial charge in [0.2, 0.25) is 16.9 Å². The van der Waals surface area contributed by atoms with Crippen LogP contribution in [-0.4, -0.2) is 33.0 Å². The van der Waals surface area contributed by atoms with Gasteiger partial charge in [0.1, 0.15) is 5.01 Å². The molecule has 0 fully saturated rings. The number of amides is 2. The molecule has 0 radical (unpaired) electrons. The number of thioether (sulfide) groups is 1. The Morgan fingerprint density at radius 2 is 1.92 bits per heavy atom. The first kappa shape index (κ1) is 19.4. The number of carbonyl (C=O) groups excluding carboxylic acids is 2. The summed E-state index contributed by atoms with van der Waals surface area (Å²) in [5.41, 5.74) is 1.89. The third kappa shape index (κ3) is 6.47. The monoisotopic (exact) mass is 378 g/mol. The fraction of sp³-hybridized carbons (Fsp3) is 0.412. The van der Waals surface area contributed by atoms with Crippen LogP contribution in [0.2, 0.25) is 0 Å². The van der Waals surface area contributed by atoms with Crippen molar-refractivity contribution in [1.29, 1.82) is 0 Å². The van der Waals surface area contributed by atoms with E-state index in [0.29, 0.717) is 5.13 Å². The minimum Gasteiger partial charge on any atom is -0.325 e. The van der Waals surface area contributed by atoms with Crippen molar-refractivity contribution in [3.63, 3.8) is 0 Å². The summed E-state index contributed by atoms with van der Waals surface area (Å²) >= 11 is 2.67. The lowest BCUT2D eigenvalue weighted by Gasteiger charge is -2.10. The second-order valence-electron chi connectivity index (χ2n) is 5.61. The zero-order chi connectivity index (χ0) is 18.2. The SMILES string of the molecule is CCCc1nnc(NC(=O)C(C)SCC(=O)Nc2ccc(C)cc2)s1. The van der Waals surface area contributed by atoms with E-state index < -0.39 is 0 Å². The number of hydrogen-bond donors (Lipinski definition) is 2. The van der Waals surface area contributed by atoms with Gasteiger partial charge in [-0.25, -0.2) is 0 Å². The van der Waals surface area contributed by atoms with E-state index in [1.807, 2.05) is 31.2 Å².